The van der Waals surface area contributed by atoms with E-state index in [1.807, 2.05) is 0 Å². The summed E-state index contributed by atoms with van der Waals surface area (Å²) < 4.78 is 179. The number of rotatable bonds is 10. The quantitative estimate of drug-likeness (QED) is 0.325. The van der Waals surface area contributed by atoms with Gasteiger partial charge in [0.2, 0.25) is 0 Å². The molecular formula is C19H19F13O2. The highest BCUT2D eigenvalue weighted by atomic mass is 19.4. The Bertz CT molecular complexity index is 836. The second kappa shape index (κ2) is 9.26. The summed E-state index contributed by atoms with van der Waals surface area (Å²) in [5.41, 5.74) is -0.679. The molecule has 0 bridgehead atoms. The number of hydrogen-bond acceptors (Lipinski definition) is 2. The molecule has 3 atom stereocenters. The van der Waals surface area contributed by atoms with Crippen molar-refractivity contribution in [3.63, 3.8) is 0 Å². The Hall–Kier alpha value is -1.93. The fourth-order valence-electron chi connectivity index (χ4n) is 2.67. The predicted molar refractivity (Wildman–Crippen MR) is 91.7 cm³/mol. The molecule has 0 aliphatic rings. The molecule has 0 aromatic heterocycles. The molecule has 198 valence electrons. The van der Waals surface area contributed by atoms with Gasteiger partial charge in [-0.05, 0) is 19.4 Å². The highest BCUT2D eigenvalue weighted by molar-refractivity contribution is 5.36. The normalized spacial score (nSPS) is 17.3. The van der Waals surface area contributed by atoms with Crippen molar-refractivity contribution in [3.8, 4) is 5.75 Å². The number of ether oxygens (including phenoxy) is 1. The number of benzene rings is 1. The van der Waals surface area contributed by atoms with E-state index in [2.05, 4.69) is 0 Å². The van der Waals surface area contributed by atoms with Crippen LogP contribution < -0.4 is 4.74 Å². The monoisotopic (exact) mass is 526 g/mol. The van der Waals surface area contributed by atoms with Crippen molar-refractivity contribution in [3.05, 3.63) is 29.8 Å². The topological polar surface area (TPSA) is 29.5 Å². The minimum atomic E-state index is -7.99. The minimum absolute atomic E-state index is 0.00523. The Balaban J connectivity index is 3.50. The van der Waals surface area contributed by atoms with Crippen molar-refractivity contribution in [1.82, 2.24) is 0 Å². The largest absolute Gasteiger partial charge is 0.490 e. The zero-order valence-corrected chi connectivity index (χ0v) is 17.5. The molecular weight excluding hydrogens is 507 g/mol. The van der Waals surface area contributed by atoms with Crippen LogP contribution in [0.15, 0.2) is 24.3 Å². The van der Waals surface area contributed by atoms with Gasteiger partial charge in [-0.15, -0.1) is 0 Å². The van der Waals surface area contributed by atoms with Crippen LogP contribution in [0.25, 0.3) is 0 Å². The highest BCUT2D eigenvalue weighted by Crippen LogP contribution is 2.62. The lowest BCUT2D eigenvalue weighted by Gasteiger charge is -2.42. The van der Waals surface area contributed by atoms with Crippen molar-refractivity contribution in [2.24, 2.45) is 5.92 Å². The molecule has 0 aliphatic heterocycles. The molecule has 1 aromatic rings. The second-order valence-corrected chi connectivity index (χ2v) is 7.53. The van der Waals surface area contributed by atoms with E-state index in [1.54, 1.807) is 6.92 Å². The lowest BCUT2D eigenvalue weighted by atomic mass is 9.83. The first-order valence-electron chi connectivity index (χ1n) is 9.41. The fourth-order valence-corrected chi connectivity index (χ4v) is 2.67. The molecule has 0 aliphatic carbocycles. The Kier molecular flexibility index (Phi) is 8.20. The number of para-hydroxylation sites is 1. The smallest absolute Gasteiger partial charge is 0.460 e. The summed E-state index contributed by atoms with van der Waals surface area (Å²) in [7, 11) is 0. The van der Waals surface area contributed by atoms with Crippen LogP contribution in [0.2, 0.25) is 0 Å². The van der Waals surface area contributed by atoms with Gasteiger partial charge >= 0.3 is 35.8 Å². The number of aliphatic hydroxyl groups excluding tert-OH is 1. The first-order chi connectivity index (χ1) is 15.0. The van der Waals surface area contributed by atoms with Crippen molar-refractivity contribution in [2.75, 3.05) is 0 Å². The van der Waals surface area contributed by atoms with Crippen molar-refractivity contribution in [2.45, 2.75) is 75.2 Å². The van der Waals surface area contributed by atoms with Crippen LogP contribution >= 0.6 is 0 Å². The predicted octanol–water partition coefficient (Wildman–Crippen LogP) is 7.27. The number of aliphatic hydroxyl groups is 1. The van der Waals surface area contributed by atoms with E-state index in [0.717, 1.165) is 18.2 Å². The van der Waals surface area contributed by atoms with Crippen LogP contribution in [0, 0.1) is 5.92 Å². The molecule has 1 aromatic carbocycles. The van der Waals surface area contributed by atoms with E-state index in [9.17, 15) is 62.2 Å². The van der Waals surface area contributed by atoms with Crippen LogP contribution in [-0.4, -0.2) is 47.0 Å². The van der Waals surface area contributed by atoms with Gasteiger partial charge in [-0.1, -0.05) is 32.0 Å². The molecule has 0 saturated heterocycles. The Labute approximate surface area is 184 Å². The maximum Gasteiger partial charge on any atom is 0.460 e. The highest BCUT2D eigenvalue weighted by Gasteiger charge is 2.91. The van der Waals surface area contributed by atoms with E-state index in [0.29, 0.717) is 6.42 Å². The summed E-state index contributed by atoms with van der Waals surface area (Å²) in [5.74, 6) is -41.4. The molecule has 0 amide bonds. The van der Waals surface area contributed by atoms with E-state index in [-0.39, 0.29) is 12.7 Å². The van der Waals surface area contributed by atoms with Gasteiger partial charge in [0, 0.05) is 5.56 Å². The average Bonchev–Trinajstić information content (AvgIpc) is 2.71. The molecule has 15 heteroatoms. The summed E-state index contributed by atoms with van der Waals surface area (Å²) in [6, 6.07) is 4.24. The van der Waals surface area contributed by atoms with Crippen LogP contribution in [0.3, 0.4) is 0 Å². The molecule has 0 heterocycles. The van der Waals surface area contributed by atoms with Crippen LogP contribution in [0.4, 0.5) is 57.1 Å². The molecule has 0 fully saturated rings. The van der Waals surface area contributed by atoms with Gasteiger partial charge in [0.1, 0.15) is 5.75 Å². The Morgan fingerprint density at radius 1 is 0.735 bits per heavy atom. The van der Waals surface area contributed by atoms with E-state index >= 15 is 0 Å². The zero-order valence-electron chi connectivity index (χ0n) is 17.5. The fraction of sp³-hybridized carbons (Fsp3) is 0.684. The van der Waals surface area contributed by atoms with Crippen LogP contribution in [0.5, 0.6) is 5.75 Å². The summed E-state index contributed by atoms with van der Waals surface area (Å²) in [6.45, 7) is 3.08. The van der Waals surface area contributed by atoms with E-state index < -0.39 is 59.5 Å². The van der Waals surface area contributed by atoms with E-state index in [1.165, 1.54) is 13.0 Å². The molecule has 0 saturated carbocycles. The first kappa shape index (κ1) is 30.1. The third kappa shape index (κ3) is 4.63. The maximum atomic E-state index is 14.4. The first-order valence-corrected chi connectivity index (χ1v) is 9.41. The van der Waals surface area contributed by atoms with Crippen molar-refractivity contribution in [1.29, 1.82) is 0 Å². The number of alkyl halides is 13. The summed E-state index contributed by atoms with van der Waals surface area (Å²) in [5, 5.41) is 10.2. The average molecular weight is 526 g/mol. The SMILES string of the molecule is CCC(C)Oc1ccccc1C(O)C(C)C(F)(F)C(F)(F)C(F)(F)C(F)(F)C(F)(F)C(F)(F)F. The molecule has 34 heavy (non-hydrogen) atoms. The van der Waals surface area contributed by atoms with Gasteiger partial charge in [-0.25, -0.2) is 0 Å². The Morgan fingerprint density at radius 2 is 1.18 bits per heavy atom. The lowest BCUT2D eigenvalue weighted by Crippen LogP contribution is -2.71. The van der Waals surface area contributed by atoms with Gasteiger partial charge in [-0.2, -0.15) is 57.1 Å². The summed E-state index contributed by atoms with van der Waals surface area (Å²) in [6.07, 6.45) is -10.6. The van der Waals surface area contributed by atoms with Gasteiger partial charge in [-0.3, -0.25) is 0 Å². The molecule has 3 unspecified atom stereocenters. The van der Waals surface area contributed by atoms with E-state index in [4.69, 9.17) is 4.74 Å². The third-order valence-corrected chi connectivity index (χ3v) is 5.14. The van der Waals surface area contributed by atoms with Gasteiger partial charge < -0.3 is 9.84 Å². The number of hydrogen-bond donors (Lipinski definition) is 1. The second-order valence-electron chi connectivity index (χ2n) is 7.53. The third-order valence-electron chi connectivity index (χ3n) is 5.14. The molecule has 0 radical (unpaired) electrons. The van der Waals surface area contributed by atoms with Crippen molar-refractivity contribution < 1.29 is 66.9 Å². The minimum Gasteiger partial charge on any atom is -0.490 e. The van der Waals surface area contributed by atoms with Crippen molar-refractivity contribution >= 4 is 0 Å². The molecule has 1 rings (SSSR count). The van der Waals surface area contributed by atoms with Gasteiger partial charge in [0.15, 0.2) is 0 Å². The zero-order chi connectivity index (χ0) is 27.1. The van der Waals surface area contributed by atoms with Crippen LogP contribution in [0.1, 0.15) is 38.9 Å². The molecule has 1 N–H and O–H groups in total. The standard InChI is InChI=1S/C19H19F13O2/c1-4-9(2)34-12-8-6-5-7-11(12)13(33)10(3)14(20,21)15(22,23)16(24,25)17(26,27)18(28,29)19(30,31)32/h5-10,13,33H,4H2,1-3H3. The van der Waals surface area contributed by atoms with Gasteiger partial charge in [0.05, 0.1) is 18.1 Å². The molecule has 2 nitrogen and oxygen atoms in total. The van der Waals surface area contributed by atoms with Gasteiger partial charge in [0.25, 0.3) is 0 Å². The Morgan fingerprint density at radius 3 is 1.62 bits per heavy atom. The summed E-state index contributed by atoms with van der Waals surface area (Å²) >= 11 is 0. The maximum absolute atomic E-state index is 14.4. The lowest BCUT2D eigenvalue weighted by molar-refractivity contribution is -0.444. The summed E-state index contributed by atoms with van der Waals surface area (Å²) in [4.78, 5) is 0. The molecule has 0 spiro atoms. The number of halogens is 13. The van der Waals surface area contributed by atoms with Crippen LogP contribution in [-0.2, 0) is 0 Å².